The molecule has 0 aliphatic carbocycles. The van der Waals surface area contributed by atoms with Crippen LogP contribution in [-0.2, 0) is 16.9 Å². The van der Waals surface area contributed by atoms with Gasteiger partial charge in [-0.15, -0.1) is 11.7 Å². The van der Waals surface area contributed by atoms with Crippen LogP contribution in [0.15, 0.2) is 17.0 Å². The fourth-order valence-electron chi connectivity index (χ4n) is 0.621. The Bertz CT molecular complexity index is 397. The first-order valence-corrected chi connectivity index (χ1v) is 4.09. The Hall–Kier alpha value is -1.50. The fraction of sp³-hybridized carbons (Fsp3) is 0.200. The first-order valence-electron chi connectivity index (χ1n) is 3.05. The molecule has 0 unspecified atom stereocenters. The van der Waals surface area contributed by atoms with E-state index in [2.05, 4.69) is 26.1 Å². The van der Waals surface area contributed by atoms with Crippen molar-refractivity contribution in [2.45, 2.75) is 6.42 Å². The standard InChI is InChI=1S/C5H6N4O2S/c1-2-3-4-6-5(8-7-4)9-12(10)11/h2H,1,3H2,(H,6,7,8). The van der Waals surface area contributed by atoms with Gasteiger partial charge in [0.05, 0.1) is 0 Å². The lowest BCUT2D eigenvalue weighted by Crippen LogP contribution is -1.81. The Morgan fingerprint density at radius 3 is 3.00 bits per heavy atom. The molecule has 0 radical (unpaired) electrons. The van der Waals surface area contributed by atoms with Crippen molar-refractivity contribution in [2.75, 3.05) is 0 Å². The molecule has 0 fully saturated rings. The molecule has 1 rings (SSSR count). The smallest absolute Gasteiger partial charge is 0.261 e. The number of allylic oxidation sites excluding steroid dienone is 1. The number of H-pyrrole nitrogens is 1. The van der Waals surface area contributed by atoms with Gasteiger partial charge in [0.25, 0.3) is 5.95 Å². The summed E-state index contributed by atoms with van der Waals surface area (Å²) in [7, 11) is -2.50. The Morgan fingerprint density at radius 1 is 1.67 bits per heavy atom. The minimum atomic E-state index is -2.50. The predicted octanol–water partition coefficient (Wildman–Crippen LogP) is 0.227. The molecule has 0 saturated heterocycles. The van der Waals surface area contributed by atoms with Crippen LogP contribution < -0.4 is 0 Å². The van der Waals surface area contributed by atoms with Crippen LogP contribution in [0.1, 0.15) is 5.82 Å². The van der Waals surface area contributed by atoms with Crippen LogP contribution in [0.25, 0.3) is 0 Å². The highest BCUT2D eigenvalue weighted by atomic mass is 32.2. The largest absolute Gasteiger partial charge is 0.319 e. The number of aromatic nitrogens is 3. The number of rotatable bonds is 3. The topological polar surface area (TPSA) is 88.1 Å². The summed E-state index contributed by atoms with van der Waals surface area (Å²) in [5.74, 6) is 0.453. The van der Waals surface area contributed by atoms with Crippen LogP contribution >= 0.6 is 0 Å². The second-order valence-corrected chi connectivity index (χ2v) is 2.50. The molecule has 0 atom stereocenters. The zero-order valence-corrected chi connectivity index (χ0v) is 6.87. The summed E-state index contributed by atoms with van der Waals surface area (Å²) in [6.45, 7) is 3.49. The minimum Gasteiger partial charge on any atom is -0.261 e. The highest BCUT2D eigenvalue weighted by Gasteiger charge is 1.98. The Morgan fingerprint density at radius 2 is 2.42 bits per heavy atom. The van der Waals surface area contributed by atoms with Crippen molar-refractivity contribution in [2.24, 2.45) is 4.36 Å². The van der Waals surface area contributed by atoms with E-state index in [1.165, 1.54) is 0 Å². The van der Waals surface area contributed by atoms with Crippen molar-refractivity contribution in [3.8, 4) is 0 Å². The van der Waals surface area contributed by atoms with Crippen LogP contribution in [0, 0.1) is 0 Å². The monoisotopic (exact) mass is 186 g/mol. The van der Waals surface area contributed by atoms with Gasteiger partial charge in [0.1, 0.15) is 5.82 Å². The van der Waals surface area contributed by atoms with Crippen molar-refractivity contribution in [1.82, 2.24) is 15.2 Å². The van der Waals surface area contributed by atoms with Gasteiger partial charge in [-0.05, 0) is 0 Å². The van der Waals surface area contributed by atoms with Crippen LogP contribution in [0.4, 0.5) is 5.95 Å². The third-order valence-electron chi connectivity index (χ3n) is 1.01. The molecule has 0 saturated carbocycles. The van der Waals surface area contributed by atoms with Crippen LogP contribution in [0.3, 0.4) is 0 Å². The first kappa shape index (κ1) is 8.60. The van der Waals surface area contributed by atoms with Crippen molar-refractivity contribution < 1.29 is 8.42 Å². The number of aromatic amines is 1. The summed E-state index contributed by atoms with van der Waals surface area (Å²) in [6.07, 6.45) is 2.13. The summed E-state index contributed by atoms with van der Waals surface area (Å²) in [5, 5.41) is 6.04. The van der Waals surface area contributed by atoms with E-state index in [1.54, 1.807) is 6.08 Å². The predicted molar refractivity (Wildman–Crippen MR) is 41.3 cm³/mol. The number of nitrogens with one attached hydrogen (secondary N) is 1. The second kappa shape index (κ2) is 3.77. The van der Waals surface area contributed by atoms with Gasteiger partial charge in [-0.3, -0.25) is 5.10 Å². The van der Waals surface area contributed by atoms with E-state index in [0.717, 1.165) is 0 Å². The zero-order chi connectivity index (χ0) is 8.97. The lowest BCUT2D eigenvalue weighted by Gasteiger charge is -1.80. The summed E-state index contributed by atoms with van der Waals surface area (Å²) >= 11 is 0. The highest BCUT2D eigenvalue weighted by molar-refractivity contribution is 7.61. The van der Waals surface area contributed by atoms with Crippen molar-refractivity contribution in [3.05, 3.63) is 18.5 Å². The van der Waals surface area contributed by atoms with Crippen molar-refractivity contribution in [3.63, 3.8) is 0 Å². The fourth-order valence-corrected chi connectivity index (χ4v) is 0.836. The van der Waals surface area contributed by atoms with E-state index in [0.29, 0.717) is 12.2 Å². The number of hydrogen-bond donors (Lipinski definition) is 1. The Balaban J connectivity index is 2.91. The summed E-state index contributed by atoms with van der Waals surface area (Å²) in [6, 6.07) is 0. The molecule has 1 aromatic heterocycles. The molecule has 64 valence electrons. The average Bonchev–Trinajstić information content (AvgIpc) is 2.36. The van der Waals surface area contributed by atoms with E-state index >= 15 is 0 Å². The van der Waals surface area contributed by atoms with Gasteiger partial charge in [0.2, 0.25) is 0 Å². The molecular formula is C5H6N4O2S. The van der Waals surface area contributed by atoms with Crippen LogP contribution in [0.2, 0.25) is 0 Å². The van der Waals surface area contributed by atoms with Gasteiger partial charge in [0, 0.05) is 6.42 Å². The molecule has 0 aliphatic rings. The lowest BCUT2D eigenvalue weighted by atomic mass is 10.4. The maximum absolute atomic E-state index is 10.1. The quantitative estimate of drug-likeness (QED) is 0.684. The van der Waals surface area contributed by atoms with Crippen molar-refractivity contribution >= 4 is 16.4 Å². The van der Waals surface area contributed by atoms with Gasteiger partial charge in [0.15, 0.2) is 0 Å². The number of hydrogen-bond acceptors (Lipinski definition) is 5. The average molecular weight is 186 g/mol. The van der Waals surface area contributed by atoms with Crippen LogP contribution in [0.5, 0.6) is 0 Å². The highest BCUT2D eigenvalue weighted by Crippen LogP contribution is 2.02. The van der Waals surface area contributed by atoms with Gasteiger partial charge in [-0.25, -0.2) is 0 Å². The third-order valence-corrected chi connectivity index (χ3v) is 1.33. The van der Waals surface area contributed by atoms with Gasteiger partial charge in [-0.1, -0.05) is 10.4 Å². The zero-order valence-electron chi connectivity index (χ0n) is 6.06. The first-order chi connectivity index (χ1) is 5.72. The van der Waals surface area contributed by atoms with Gasteiger partial charge >= 0.3 is 10.5 Å². The molecule has 7 heteroatoms. The van der Waals surface area contributed by atoms with Crippen molar-refractivity contribution in [1.29, 1.82) is 0 Å². The molecule has 0 aromatic carbocycles. The van der Waals surface area contributed by atoms with E-state index in [1.807, 2.05) is 0 Å². The SMILES string of the molecule is C=CCc1nc(N=S(=O)=O)n[nH]1. The molecule has 1 heterocycles. The minimum absolute atomic E-state index is 0.0832. The maximum Gasteiger partial charge on any atom is 0.319 e. The Labute approximate surface area is 70.0 Å². The molecular weight excluding hydrogens is 180 g/mol. The second-order valence-electron chi connectivity index (χ2n) is 1.88. The summed E-state index contributed by atoms with van der Waals surface area (Å²) in [5.41, 5.74) is 0. The summed E-state index contributed by atoms with van der Waals surface area (Å²) in [4.78, 5) is 3.74. The van der Waals surface area contributed by atoms with E-state index in [4.69, 9.17) is 0 Å². The van der Waals surface area contributed by atoms with Gasteiger partial charge in [-0.2, -0.15) is 13.4 Å². The molecule has 0 spiro atoms. The van der Waals surface area contributed by atoms with Gasteiger partial charge < -0.3 is 0 Å². The summed E-state index contributed by atoms with van der Waals surface area (Å²) < 4.78 is 23.2. The number of nitrogens with zero attached hydrogens (tertiary/aromatic N) is 3. The van der Waals surface area contributed by atoms with E-state index in [-0.39, 0.29) is 5.95 Å². The molecule has 1 N–H and O–H groups in total. The lowest BCUT2D eigenvalue weighted by molar-refractivity contribution is 0.622. The maximum atomic E-state index is 10.1. The normalized spacial score (nSPS) is 9.33. The molecule has 1 aromatic rings. The Kier molecular flexibility index (Phi) is 2.70. The molecule has 0 aliphatic heterocycles. The molecule has 0 amide bonds. The molecule has 6 nitrogen and oxygen atoms in total. The molecule has 0 bridgehead atoms. The molecule has 12 heavy (non-hydrogen) atoms. The third kappa shape index (κ3) is 2.27. The van der Waals surface area contributed by atoms with E-state index in [9.17, 15) is 8.42 Å². The van der Waals surface area contributed by atoms with Crippen LogP contribution in [-0.4, -0.2) is 23.6 Å². The van der Waals surface area contributed by atoms with E-state index < -0.39 is 10.5 Å².